The highest BCUT2D eigenvalue weighted by Gasteiger charge is 2.26. The predicted molar refractivity (Wildman–Crippen MR) is 70.6 cm³/mol. The van der Waals surface area contributed by atoms with Crippen LogP contribution in [0.1, 0.15) is 12.5 Å². The van der Waals surface area contributed by atoms with Gasteiger partial charge in [-0.2, -0.15) is 4.72 Å². The molecule has 19 heavy (non-hydrogen) atoms. The Morgan fingerprint density at radius 2 is 1.89 bits per heavy atom. The van der Waals surface area contributed by atoms with Gasteiger partial charge in [0.2, 0.25) is 10.0 Å². The summed E-state index contributed by atoms with van der Waals surface area (Å²) in [6.45, 7) is 1.20. The monoisotopic (exact) mass is 285 g/mol. The molecular weight excluding hydrogens is 270 g/mol. The molecule has 1 aromatic carbocycles. The van der Waals surface area contributed by atoms with Crippen molar-refractivity contribution < 1.29 is 23.4 Å². The summed E-state index contributed by atoms with van der Waals surface area (Å²) in [5, 5.41) is 18.8. The van der Waals surface area contributed by atoms with Crippen LogP contribution in [0.15, 0.2) is 35.7 Å². The number of aliphatic hydroxyl groups excluding tert-OH is 1. The number of carboxylic acids is 1. The smallest absolute Gasteiger partial charge is 0.324 e. The van der Waals surface area contributed by atoms with E-state index >= 15 is 0 Å². The van der Waals surface area contributed by atoms with Crippen LogP contribution in [-0.2, 0) is 14.8 Å². The van der Waals surface area contributed by atoms with E-state index in [0.717, 1.165) is 5.41 Å². The van der Waals surface area contributed by atoms with E-state index in [-0.39, 0.29) is 0 Å². The molecule has 1 rings (SSSR count). The maximum absolute atomic E-state index is 11.7. The van der Waals surface area contributed by atoms with Crippen LogP contribution in [0, 0.1) is 0 Å². The molecule has 0 radical (unpaired) electrons. The number of carbonyl (C=O) groups is 1. The topological polar surface area (TPSA) is 104 Å². The lowest BCUT2D eigenvalue weighted by molar-refractivity contribution is -0.141. The second-order valence-electron chi connectivity index (χ2n) is 3.93. The first-order chi connectivity index (χ1) is 8.82. The Bertz CT molecular complexity index is 551. The van der Waals surface area contributed by atoms with Gasteiger partial charge in [-0.1, -0.05) is 30.3 Å². The highest BCUT2D eigenvalue weighted by molar-refractivity contribution is 7.92. The fraction of sp³-hybridized carbons (Fsp3) is 0.250. The molecule has 6 nitrogen and oxygen atoms in total. The Morgan fingerprint density at radius 1 is 1.32 bits per heavy atom. The third-order valence-corrected chi connectivity index (χ3v) is 3.36. The van der Waals surface area contributed by atoms with Crippen molar-refractivity contribution in [2.24, 2.45) is 0 Å². The summed E-state index contributed by atoms with van der Waals surface area (Å²) in [5.74, 6) is -1.44. The lowest BCUT2D eigenvalue weighted by Gasteiger charge is -2.15. The van der Waals surface area contributed by atoms with Gasteiger partial charge in [0.1, 0.15) is 6.04 Å². The van der Waals surface area contributed by atoms with Gasteiger partial charge in [-0.15, -0.1) is 0 Å². The summed E-state index contributed by atoms with van der Waals surface area (Å²) in [5.41, 5.74) is 0.664. The van der Waals surface area contributed by atoms with Gasteiger partial charge in [0, 0.05) is 5.41 Å². The fourth-order valence-corrected chi connectivity index (χ4v) is 2.37. The highest BCUT2D eigenvalue weighted by Crippen LogP contribution is 2.04. The molecule has 0 amide bonds. The molecule has 0 saturated carbocycles. The molecule has 1 aromatic rings. The van der Waals surface area contributed by atoms with E-state index in [0.29, 0.717) is 5.56 Å². The van der Waals surface area contributed by atoms with Gasteiger partial charge in [-0.25, -0.2) is 8.42 Å². The van der Waals surface area contributed by atoms with Crippen molar-refractivity contribution in [2.45, 2.75) is 19.1 Å². The highest BCUT2D eigenvalue weighted by atomic mass is 32.2. The van der Waals surface area contributed by atoms with E-state index in [2.05, 4.69) is 0 Å². The van der Waals surface area contributed by atoms with Crippen LogP contribution in [0.2, 0.25) is 0 Å². The fourth-order valence-electron chi connectivity index (χ4n) is 1.30. The molecule has 0 spiro atoms. The average Bonchev–Trinajstić information content (AvgIpc) is 2.34. The number of nitrogens with one attached hydrogen (secondary N) is 1. The lowest BCUT2D eigenvalue weighted by atomic mass is 10.2. The Labute approximate surface area is 111 Å². The zero-order chi connectivity index (χ0) is 14.5. The van der Waals surface area contributed by atoms with Crippen molar-refractivity contribution >= 4 is 22.1 Å². The molecule has 0 fully saturated rings. The molecule has 0 saturated heterocycles. The minimum atomic E-state index is -3.94. The summed E-state index contributed by atoms with van der Waals surface area (Å²) >= 11 is 0. The first-order valence-corrected chi connectivity index (χ1v) is 7.03. The summed E-state index contributed by atoms with van der Waals surface area (Å²) in [4.78, 5) is 10.8. The number of benzene rings is 1. The van der Waals surface area contributed by atoms with E-state index < -0.39 is 28.1 Å². The summed E-state index contributed by atoms with van der Waals surface area (Å²) in [6.07, 6.45) is 0.000852. The van der Waals surface area contributed by atoms with Crippen molar-refractivity contribution in [2.75, 3.05) is 0 Å². The number of aliphatic hydroxyl groups is 1. The Hall–Kier alpha value is -1.70. The van der Waals surface area contributed by atoms with Gasteiger partial charge in [0.05, 0.1) is 6.10 Å². The molecular formula is C12H15NO5S. The van der Waals surface area contributed by atoms with Crippen molar-refractivity contribution in [3.63, 3.8) is 0 Å². The van der Waals surface area contributed by atoms with Crippen LogP contribution >= 0.6 is 0 Å². The minimum absolute atomic E-state index is 0.664. The minimum Gasteiger partial charge on any atom is -0.480 e. The normalized spacial score (nSPS) is 15.3. The van der Waals surface area contributed by atoms with Gasteiger partial charge in [0.15, 0.2) is 0 Å². The molecule has 0 aliphatic rings. The summed E-state index contributed by atoms with van der Waals surface area (Å²) in [6, 6.07) is 7.11. The molecule has 0 unspecified atom stereocenters. The van der Waals surface area contributed by atoms with Crippen molar-refractivity contribution in [1.82, 2.24) is 4.72 Å². The number of carboxylic acid groups (broad SMARTS) is 1. The van der Waals surface area contributed by atoms with Crippen molar-refractivity contribution in [3.8, 4) is 0 Å². The lowest BCUT2D eigenvalue weighted by Crippen LogP contribution is -2.46. The molecule has 0 aliphatic carbocycles. The zero-order valence-electron chi connectivity index (χ0n) is 10.2. The van der Waals surface area contributed by atoms with E-state index in [1.165, 1.54) is 13.0 Å². The number of hydrogen-bond donors (Lipinski definition) is 3. The second kappa shape index (κ2) is 6.46. The van der Waals surface area contributed by atoms with E-state index in [1.54, 1.807) is 30.3 Å². The first-order valence-electron chi connectivity index (χ1n) is 5.48. The van der Waals surface area contributed by atoms with Gasteiger partial charge in [-0.3, -0.25) is 4.79 Å². The number of hydrogen-bond acceptors (Lipinski definition) is 4. The first kappa shape index (κ1) is 15.4. The summed E-state index contributed by atoms with van der Waals surface area (Å²) < 4.78 is 25.2. The molecule has 7 heteroatoms. The second-order valence-corrected chi connectivity index (χ2v) is 5.53. The van der Waals surface area contributed by atoms with Crippen LogP contribution in [0.4, 0.5) is 0 Å². The SMILES string of the molecule is C[C@@H](O)[C@H](NS(=O)(=O)/C=C/c1ccccc1)C(=O)O. The maximum atomic E-state index is 11.7. The van der Waals surface area contributed by atoms with E-state index in [9.17, 15) is 18.3 Å². The largest absolute Gasteiger partial charge is 0.480 e. The van der Waals surface area contributed by atoms with Gasteiger partial charge in [0.25, 0.3) is 0 Å². The van der Waals surface area contributed by atoms with Gasteiger partial charge < -0.3 is 10.2 Å². The predicted octanol–water partition coefficient (Wildman–Crippen LogP) is 0.411. The molecule has 104 valence electrons. The van der Waals surface area contributed by atoms with E-state index in [4.69, 9.17) is 5.11 Å². The molecule has 0 aromatic heterocycles. The molecule has 2 atom stereocenters. The van der Waals surface area contributed by atoms with Crippen LogP contribution in [0.5, 0.6) is 0 Å². The average molecular weight is 285 g/mol. The zero-order valence-corrected chi connectivity index (χ0v) is 11.0. The standard InChI is InChI=1S/C12H15NO5S/c1-9(14)11(12(15)16)13-19(17,18)8-7-10-5-3-2-4-6-10/h2-9,11,13-14H,1H3,(H,15,16)/b8-7+/t9-,11+/m1/s1. The number of rotatable bonds is 6. The molecule has 0 aliphatic heterocycles. The quantitative estimate of drug-likeness (QED) is 0.702. The Balaban J connectivity index is 2.82. The maximum Gasteiger partial charge on any atom is 0.324 e. The van der Waals surface area contributed by atoms with Crippen LogP contribution in [-0.4, -0.2) is 36.7 Å². The molecule has 0 bridgehead atoms. The number of aliphatic carboxylic acids is 1. The Kier molecular flexibility index (Phi) is 5.22. The van der Waals surface area contributed by atoms with Crippen molar-refractivity contribution in [1.29, 1.82) is 0 Å². The van der Waals surface area contributed by atoms with E-state index in [1.807, 2.05) is 4.72 Å². The Morgan fingerprint density at radius 3 is 2.37 bits per heavy atom. The molecule has 0 heterocycles. The van der Waals surface area contributed by atoms with Crippen LogP contribution in [0.3, 0.4) is 0 Å². The van der Waals surface area contributed by atoms with Gasteiger partial charge in [-0.05, 0) is 18.6 Å². The van der Waals surface area contributed by atoms with Crippen LogP contribution in [0.25, 0.3) is 6.08 Å². The molecule has 3 N–H and O–H groups in total. The number of sulfonamides is 1. The van der Waals surface area contributed by atoms with Crippen molar-refractivity contribution in [3.05, 3.63) is 41.3 Å². The van der Waals surface area contributed by atoms with Gasteiger partial charge >= 0.3 is 5.97 Å². The third kappa shape index (κ3) is 5.21. The van der Waals surface area contributed by atoms with Crippen LogP contribution < -0.4 is 4.72 Å². The third-order valence-electron chi connectivity index (χ3n) is 2.28. The summed E-state index contributed by atoms with van der Waals surface area (Å²) in [7, 11) is -3.94.